The minimum Gasteiger partial charge on any atom is -0.338 e. The van der Waals surface area contributed by atoms with Gasteiger partial charge in [-0.15, -0.1) is 0 Å². The van der Waals surface area contributed by atoms with Crippen LogP contribution in [0, 0.1) is 0 Å². The maximum atomic E-state index is 12.9. The van der Waals surface area contributed by atoms with E-state index >= 15 is 0 Å². The lowest BCUT2D eigenvalue weighted by atomic mass is 10.1. The number of rotatable bonds is 6. The van der Waals surface area contributed by atoms with Crippen LogP contribution in [0.4, 0.5) is 23.1 Å². The molecular weight excluding hydrogens is 446 g/mol. The summed E-state index contributed by atoms with van der Waals surface area (Å²) in [5, 5.41) is 6.77. The molecule has 10 heteroatoms. The molecule has 4 rings (SSSR count). The number of nitrogens with one attached hydrogen (secondary N) is 2. The number of hydrogen-bond donors (Lipinski definition) is 2. The summed E-state index contributed by atoms with van der Waals surface area (Å²) in [6.07, 6.45) is 2.38. The van der Waals surface area contributed by atoms with Gasteiger partial charge in [0.05, 0.1) is 11.9 Å². The molecule has 0 aliphatic carbocycles. The Bertz CT molecular complexity index is 1200. The molecule has 8 nitrogen and oxygen atoms in total. The maximum absolute atomic E-state index is 12.9. The molecule has 168 valence electrons. The number of pyridine rings is 1. The van der Waals surface area contributed by atoms with Crippen LogP contribution in [0.2, 0.25) is 5.02 Å². The number of likely N-dealkylation sites (N-methyl/N-ethyl adjacent to an activating group) is 1. The van der Waals surface area contributed by atoms with Gasteiger partial charge < -0.3 is 20.1 Å². The molecule has 0 spiro atoms. The topological polar surface area (TPSA) is 78.3 Å². The van der Waals surface area contributed by atoms with E-state index < -0.39 is 0 Å². The molecule has 0 unspecified atom stereocenters. The Hall–Kier alpha value is -2.59. The molecule has 0 fully saturated rings. The number of hydrogen-bond acceptors (Lipinski definition) is 8. The van der Waals surface area contributed by atoms with Crippen LogP contribution in [0.25, 0.3) is 0 Å². The third-order valence-electron chi connectivity index (χ3n) is 5.21. The zero-order chi connectivity index (χ0) is 22.8. The molecule has 3 aromatic rings. The molecule has 0 atom stereocenters. The lowest BCUT2D eigenvalue weighted by Crippen LogP contribution is -2.33. The van der Waals surface area contributed by atoms with Gasteiger partial charge in [-0.1, -0.05) is 23.7 Å². The average molecular weight is 472 g/mol. The van der Waals surface area contributed by atoms with Gasteiger partial charge >= 0.3 is 0 Å². The monoisotopic (exact) mass is 471 g/mol. The number of benzene rings is 1. The summed E-state index contributed by atoms with van der Waals surface area (Å²) in [5.41, 5.74) is 3.43. The van der Waals surface area contributed by atoms with Crippen molar-refractivity contribution in [1.29, 1.82) is 0 Å². The summed E-state index contributed by atoms with van der Waals surface area (Å²) < 4.78 is 3.73. The van der Waals surface area contributed by atoms with E-state index in [-0.39, 0.29) is 5.56 Å². The van der Waals surface area contributed by atoms with Gasteiger partial charge in [-0.2, -0.15) is 4.98 Å². The van der Waals surface area contributed by atoms with E-state index in [0.29, 0.717) is 22.5 Å². The molecule has 32 heavy (non-hydrogen) atoms. The van der Waals surface area contributed by atoms with Crippen molar-refractivity contribution in [3.05, 3.63) is 63.2 Å². The zero-order valence-electron chi connectivity index (χ0n) is 18.5. The van der Waals surface area contributed by atoms with Crippen LogP contribution in [-0.4, -0.2) is 51.4 Å². The molecule has 2 aromatic heterocycles. The molecule has 1 aliphatic rings. The first kappa shape index (κ1) is 22.6. The van der Waals surface area contributed by atoms with Crippen LogP contribution in [0.1, 0.15) is 11.3 Å². The Morgan fingerprint density at radius 2 is 1.94 bits per heavy atom. The van der Waals surface area contributed by atoms with Crippen LogP contribution in [-0.2, 0) is 20.0 Å². The van der Waals surface area contributed by atoms with Gasteiger partial charge in [0.25, 0.3) is 5.56 Å². The second-order valence-electron chi connectivity index (χ2n) is 7.92. The molecule has 0 saturated carbocycles. The van der Waals surface area contributed by atoms with Crippen molar-refractivity contribution in [3.63, 3.8) is 0 Å². The number of aromatic nitrogens is 3. The van der Waals surface area contributed by atoms with E-state index in [4.69, 9.17) is 11.6 Å². The van der Waals surface area contributed by atoms with E-state index in [1.807, 2.05) is 55.8 Å². The molecule has 1 aliphatic heterocycles. The highest BCUT2D eigenvalue weighted by atomic mass is 35.5. The van der Waals surface area contributed by atoms with E-state index in [0.717, 1.165) is 41.4 Å². The van der Waals surface area contributed by atoms with Crippen molar-refractivity contribution in [2.45, 2.75) is 17.9 Å². The molecule has 0 amide bonds. The summed E-state index contributed by atoms with van der Waals surface area (Å²) in [6.45, 7) is 1.74. The number of halogens is 1. The largest absolute Gasteiger partial charge is 0.338 e. The predicted octanol–water partition coefficient (Wildman–Crippen LogP) is 3.87. The van der Waals surface area contributed by atoms with E-state index in [1.54, 1.807) is 16.5 Å². The van der Waals surface area contributed by atoms with Crippen molar-refractivity contribution >= 4 is 46.7 Å². The number of para-hydroxylation sites is 1. The molecular formula is C22H26ClN7OS. The third kappa shape index (κ3) is 4.91. The first-order chi connectivity index (χ1) is 15.3. The van der Waals surface area contributed by atoms with Gasteiger partial charge in [-0.25, -0.2) is 4.98 Å². The van der Waals surface area contributed by atoms with Gasteiger partial charge in [-0.3, -0.25) is 9.10 Å². The van der Waals surface area contributed by atoms with Crippen molar-refractivity contribution < 1.29 is 0 Å². The Labute approximate surface area is 196 Å². The smallest absolute Gasteiger partial charge is 0.274 e. The second kappa shape index (κ2) is 9.50. The Morgan fingerprint density at radius 1 is 1.16 bits per heavy atom. The first-order valence-electron chi connectivity index (χ1n) is 10.2. The summed E-state index contributed by atoms with van der Waals surface area (Å²) >= 11 is 7.97. The van der Waals surface area contributed by atoms with Gasteiger partial charge in [0.1, 0.15) is 10.7 Å². The SMILES string of the molecule is CN1CCc2c(cc(Nc3ncc(Cl)c(Nc4ccccc4SN(C)C)n3)c(=O)n2C)C1. The molecule has 2 N–H and O–H groups in total. The number of nitrogens with zero attached hydrogens (tertiary/aromatic N) is 5. The zero-order valence-corrected chi connectivity index (χ0v) is 20.1. The van der Waals surface area contributed by atoms with Crippen LogP contribution >= 0.6 is 23.5 Å². The standard InChI is InChI=1S/C22H26ClN7OS/c1-28(2)32-19-8-6-5-7-16(19)25-20-15(23)12-24-22(27-20)26-17-11-14-13-29(3)10-9-18(14)30(4)21(17)31/h5-8,11-12H,9-10,13H2,1-4H3,(H2,24,25,26,27). The fraction of sp³-hybridized carbons (Fsp3) is 0.318. The Balaban J connectivity index is 1.63. The lowest BCUT2D eigenvalue weighted by Gasteiger charge is -2.27. The van der Waals surface area contributed by atoms with Crippen molar-refractivity contribution in [1.82, 2.24) is 23.7 Å². The fourth-order valence-corrected chi connectivity index (χ4v) is 4.56. The molecule has 0 bridgehead atoms. The van der Waals surface area contributed by atoms with Gasteiger partial charge in [0, 0.05) is 37.1 Å². The quantitative estimate of drug-likeness (QED) is 0.524. The minimum absolute atomic E-state index is 0.103. The van der Waals surface area contributed by atoms with Crippen LogP contribution in [0.3, 0.4) is 0 Å². The minimum atomic E-state index is -0.103. The summed E-state index contributed by atoms with van der Waals surface area (Å²) in [6, 6.07) is 9.82. The lowest BCUT2D eigenvalue weighted by molar-refractivity contribution is 0.306. The fourth-order valence-electron chi connectivity index (χ4n) is 3.67. The highest BCUT2D eigenvalue weighted by Gasteiger charge is 2.19. The second-order valence-corrected chi connectivity index (χ2v) is 9.68. The number of anilines is 4. The molecule has 3 heterocycles. The van der Waals surface area contributed by atoms with Gasteiger partial charge in [-0.05, 0) is 56.9 Å². The predicted molar refractivity (Wildman–Crippen MR) is 131 cm³/mol. The molecule has 0 saturated heterocycles. The summed E-state index contributed by atoms with van der Waals surface area (Å²) in [7, 11) is 7.86. The summed E-state index contributed by atoms with van der Waals surface area (Å²) in [5.74, 6) is 0.765. The van der Waals surface area contributed by atoms with Crippen molar-refractivity contribution in [3.8, 4) is 0 Å². The third-order valence-corrected chi connectivity index (χ3v) is 6.41. The Kier molecular flexibility index (Phi) is 6.71. The average Bonchev–Trinajstić information content (AvgIpc) is 2.75. The first-order valence-corrected chi connectivity index (χ1v) is 11.4. The highest BCUT2D eigenvalue weighted by molar-refractivity contribution is 7.97. The normalized spacial score (nSPS) is 13.8. The van der Waals surface area contributed by atoms with Crippen LogP contribution in [0.5, 0.6) is 0 Å². The van der Waals surface area contributed by atoms with Crippen molar-refractivity contribution in [2.24, 2.45) is 7.05 Å². The van der Waals surface area contributed by atoms with E-state index in [2.05, 4.69) is 32.5 Å². The van der Waals surface area contributed by atoms with Crippen LogP contribution in [0.15, 0.2) is 46.2 Å². The van der Waals surface area contributed by atoms with E-state index in [1.165, 1.54) is 6.20 Å². The van der Waals surface area contributed by atoms with E-state index in [9.17, 15) is 4.79 Å². The molecule has 0 radical (unpaired) electrons. The van der Waals surface area contributed by atoms with Crippen LogP contribution < -0.4 is 16.2 Å². The number of fused-ring (bicyclic) bond motifs is 1. The molecule has 1 aromatic carbocycles. The van der Waals surface area contributed by atoms with Gasteiger partial charge in [0.15, 0.2) is 5.82 Å². The Morgan fingerprint density at radius 3 is 2.72 bits per heavy atom. The van der Waals surface area contributed by atoms with Gasteiger partial charge in [0.2, 0.25) is 5.95 Å². The maximum Gasteiger partial charge on any atom is 0.274 e. The van der Waals surface area contributed by atoms with Crippen molar-refractivity contribution in [2.75, 3.05) is 38.3 Å². The summed E-state index contributed by atoms with van der Waals surface area (Å²) in [4.78, 5) is 25.0. The highest BCUT2D eigenvalue weighted by Crippen LogP contribution is 2.32.